The van der Waals surface area contributed by atoms with Gasteiger partial charge < -0.3 is 5.73 Å². The van der Waals surface area contributed by atoms with Crippen molar-refractivity contribution >= 4 is 17.3 Å². The van der Waals surface area contributed by atoms with Crippen LogP contribution in [0.1, 0.15) is 25.8 Å². The maximum atomic E-state index is 14.2. The highest BCUT2D eigenvalue weighted by atomic mass is 35.5. The number of nitrogen functional groups attached to an aromatic ring is 1. The quantitative estimate of drug-likeness (QED) is 0.835. The summed E-state index contributed by atoms with van der Waals surface area (Å²) in [7, 11) is 0. The maximum absolute atomic E-state index is 14.2. The second-order valence-corrected chi connectivity index (χ2v) is 4.52. The normalized spacial score (nSPS) is 25.1. The van der Waals surface area contributed by atoms with Crippen molar-refractivity contribution < 1.29 is 8.78 Å². The molecule has 0 amide bonds. The number of anilines is 1. The largest absolute Gasteiger partial charge is 0.395 e. The van der Waals surface area contributed by atoms with Gasteiger partial charge in [-0.05, 0) is 12.8 Å². The van der Waals surface area contributed by atoms with Gasteiger partial charge in [-0.3, -0.25) is 0 Å². The van der Waals surface area contributed by atoms with Gasteiger partial charge in [0.05, 0.1) is 11.9 Å². The number of hydrogen-bond donors (Lipinski definition) is 1. The van der Waals surface area contributed by atoms with Crippen LogP contribution < -0.4 is 5.73 Å². The zero-order valence-electron chi connectivity index (χ0n) is 9.54. The molecule has 0 spiro atoms. The lowest BCUT2D eigenvalue weighted by Crippen LogP contribution is -2.51. The van der Waals surface area contributed by atoms with Crippen molar-refractivity contribution in [2.24, 2.45) is 0 Å². The Morgan fingerprint density at radius 3 is 2.88 bits per heavy atom. The number of rotatable bonds is 2. The zero-order valence-corrected chi connectivity index (χ0v) is 10.3. The Labute approximate surface area is 103 Å². The van der Waals surface area contributed by atoms with E-state index in [0.29, 0.717) is 25.9 Å². The predicted octanol–water partition coefficient (Wildman–Crippen LogP) is 2.37. The lowest BCUT2D eigenvalue weighted by atomic mass is 10.0. The molecule has 2 N–H and O–H groups in total. The molecule has 1 saturated heterocycles. The topological polar surface area (TPSA) is 47.1 Å². The fourth-order valence-corrected chi connectivity index (χ4v) is 2.44. The highest BCUT2D eigenvalue weighted by molar-refractivity contribution is 6.32. The van der Waals surface area contributed by atoms with Gasteiger partial charge >= 0.3 is 6.05 Å². The van der Waals surface area contributed by atoms with E-state index in [9.17, 15) is 8.78 Å². The third-order valence-electron chi connectivity index (χ3n) is 3.17. The third-order valence-corrected chi connectivity index (χ3v) is 3.56. The summed E-state index contributed by atoms with van der Waals surface area (Å²) in [5.74, 6) is 0. The number of alkyl halides is 2. The van der Waals surface area contributed by atoms with Gasteiger partial charge in [0, 0.05) is 13.1 Å². The minimum Gasteiger partial charge on any atom is -0.395 e. The summed E-state index contributed by atoms with van der Waals surface area (Å²) in [6.07, 6.45) is 2.36. The molecule has 4 nitrogen and oxygen atoms in total. The van der Waals surface area contributed by atoms with Crippen molar-refractivity contribution in [2.45, 2.75) is 31.9 Å². The van der Waals surface area contributed by atoms with E-state index < -0.39 is 12.1 Å². The molecule has 96 valence electrons. The Balaban J connectivity index is 2.34. The summed E-state index contributed by atoms with van der Waals surface area (Å²) in [6.45, 7) is 2.42. The van der Waals surface area contributed by atoms with Crippen molar-refractivity contribution in [3.8, 4) is 0 Å². The summed E-state index contributed by atoms with van der Waals surface area (Å²) >= 11 is 5.88. The highest BCUT2D eigenvalue weighted by Crippen LogP contribution is 2.41. The van der Waals surface area contributed by atoms with Crippen LogP contribution >= 0.6 is 11.6 Å². The van der Waals surface area contributed by atoms with E-state index in [0.717, 1.165) is 9.58 Å². The van der Waals surface area contributed by atoms with Gasteiger partial charge in [0.15, 0.2) is 5.15 Å². The number of piperidine rings is 1. The summed E-state index contributed by atoms with van der Waals surface area (Å²) in [5.41, 5.74) is 5.76. The first-order chi connectivity index (χ1) is 7.98. The number of halogens is 3. The Hall–Kier alpha value is -0.880. The molecule has 1 fully saturated rings. The van der Waals surface area contributed by atoms with Gasteiger partial charge in [-0.1, -0.05) is 18.5 Å². The molecule has 2 heterocycles. The van der Waals surface area contributed by atoms with E-state index in [2.05, 4.69) is 5.10 Å². The fraction of sp³-hybridized carbons (Fsp3) is 0.700. The van der Waals surface area contributed by atoms with E-state index >= 15 is 0 Å². The molecule has 0 bridgehead atoms. The Morgan fingerprint density at radius 1 is 1.65 bits per heavy atom. The van der Waals surface area contributed by atoms with Gasteiger partial charge in [-0.2, -0.15) is 13.9 Å². The lowest BCUT2D eigenvalue weighted by molar-refractivity contribution is -0.199. The van der Waals surface area contributed by atoms with Crippen LogP contribution in [0.15, 0.2) is 6.20 Å². The van der Waals surface area contributed by atoms with Crippen LogP contribution in [-0.2, 0) is 0 Å². The molecular formula is C10H15ClF2N4. The molecule has 1 aromatic heterocycles. The third kappa shape index (κ3) is 1.99. The van der Waals surface area contributed by atoms with Crippen LogP contribution in [0.5, 0.6) is 0 Å². The van der Waals surface area contributed by atoms with Crippen molar-refractivity contribution in [1.29, 1.82) is 0 Å². The van der Waals surface area contributed by atoms with Gasteiger partial charge in [0.25, 0.3) is 0 Å². The molecule has 0 aliphatic carbocycles. The van der Waals surface area contributed by atoms with E-state index in [-0.39, 0.29) is 10.8 Å². The summed E-state index contributed by atoms with van der Waals surface area (Å²) in [4.78, 5) is 1.15. The second kappa shape index (κ2) is 4.42. The molecule has 17 heavy (non-hydrogen) atoms. The van der Waals surface area contributed by atoms with E-state index in [1.54, 1.807) is 6.92 Å². The molecule has 0 saturated carbocycles. The molecule has 2 rings (SSSR count). The number of aromatic nitrogens is 2. The van der Waals surface area contributed by atoms with E-state index in [1.807, 2.05) is 0 Å². The van der Waals surface area contributed by atoms with Gasteiger partial charge in [0.2, 0.25) is 0 Å². The first-order valence-corrected chi connectivity index (χ1v) is 5.97. The van der Waals surface area contributed by atoms with Crippen molar-refractivity contribution in [1.82, 2.24) is 14.7 Å². The van der Waals surface area contributed by atoms with Crippen LogP contribution in [0.25, 0.3) is 0 Å². The standard InChI is InChI=1S/C10H15ClF2N4/c1-2-16-5-3-4-8(10(16,12)13)17-9(11)7(14)6-15-17/h6,8H,2-5,14H2,1H3. The molecule has 1 unspecified atom stereocenters. The summed E-state index contributed by atoms with van der Waals surface area (Å²) in [5, 5.41) is 3.95. The summed E-state index contributed by atoms with van der Waals surface area (Å²) in [6, 6.07) is -3.98. The van der Waals surface area contributed by atoms with Crippen molar-refractivity contribution in [3.05, 3.63) is 11.3 Å². The van der Waals surface area contributed by atoms with Crippen LogP contribution in [0.2, 0.25) is 5.15 Å². The molecule has 7 heteroatoms. The molecule has 0 aromatic carbocycles. The highest BCUT2D eigenvalue weighted by Gasteiger charge is 2.49. The first kappa shape index (κ1) is 12.6. The van der Waals surface area contributed by atoms with Crippen molar-refractivity contribution in [3.63, 3.8) is 0 Å². The van der Waals surface area contributed by atoms with Crippen LogP contribution in [0.4, 0.5) is 14.5 Å². The molecule has 1 aliphatic heterocycles. The minimum absolute atomic E-state index is 0.0904. The van der Waals surface area contributed by atoms with Crippen molar-refractivity contribution in [2.75, 3.05) is 18.8 Å². The SMILES string of the molecule is CCN1CCCC(n2ncc(N)c2Cl)C1(F)F. The number of nitrogens with two attached hydrogens (primary N) is 1. The predicted molar refractivity (Wildman–Crippen MR) is 62.1 cm³/mol. The Kier molecular flexibility index (Phi) is 3.27. The lowest BCUT2D eigenvalue weighted by Gasteiger charge is -2.40. The van der Waals surface area contributed by atoms with Gasteiger partial charge in [-0.15, -0.1) is 0 Å². The maximum Gasteiger partial charge on any atom is 0.327 e. The average molecular weight is 265 g/mol. The second-order valence-electron chi connectivity index (χ2n) is 4.16. The summed E-state index contributed by atoms with van der Waals surface area (Å²) < 4.78 is 29.5. The van der Waals surface area contributed by atoms with E-state index in [1.165, 1.54) is 6.20 Å². The Morgan fingerprint density at radius 2 is 2.35 bits per heavy atom. The smallest absolute Gasteiger partial charge is 0.327 e. The number of hydrogen-bond acceptors (Lipinski definition) is 3. The van der Waals surface area contributed by atoms with Crippen LogP contribution in [0, 0.1) is 0 Å². The number of likely N-dealkylation sites (tertiary alicyclic amines) is 1. The first-order valence-electron chi connectivity index (χ1n) is 5.59. The van der Waals surface area contributed by atoms with E-state index in [4.69, 9.17) is 17.3 Å². The van der Waals surface area contributed by atoms with Gasteiger partial charge in [0.1, 0.15) is 6.04 Å². The fourth-order valence-electron chi connectivity index (χ4n) is 2.23. The average Bonchev–Trinajstić information content (AvgIpc) is 2.59. The number of likely N-dealkylation sites (N-methyl/N-ethyl adjacent to an activating group) is 1. The monoisotopic (exact) mass is 264 g/mol. The molecule has 0 radical (unpaired) electrons. The number of nitrogens with zero attached hydrogens (tertiary/aromatic N) is 3. The molecule has 1 aliphatic rings. The van der Waals surface area contributed by atoms with Crippen LogP contribution in [0.3, 0.4) is 0 Å². The zero-order chi connectivity index (χ0) is 12.6. The molecule has 1 aromatic rings. The van der Waals surface area contributed by atoms with Crippen LogP contribution in [-0.4, -0.2) is 33.8 Å². The Bertz CT molecular complexity index is 407. The molecule has 1 atom stereocenters. The van der Waals surface area contributed by atoms with Gasteiger partial charge in [-0.25, -0.2) is 9.58 Å². The molecular weight excluding hydrogens is 250 g/mol. The minimum atomic E-state index is -2.94.